The van der Waals surface area contributed by atoms with E-state index in [0.717, 1.165) is 34.6 Å². The van der Waals surface area contributed by atoms with Gasteiger partial charge >= 0.3 is 0 Å². The molecule has 25 heavy (non-hydrogen) atoms. The zero-order valence-electron chi connectivity index (χ0n) is 15.1. The highest BCUT2D eigenvalue weighted by molar-refractivity contribution is 7.89. The fraction of sp³-hybridized carbons (Fsp3) is 0.368. The van der Waals surface area contributed by atoms with E-state index in [0.29, 0.717) is 0 Å². The summed E-state index contributed by atoms with van der Waals surface area (Å²) in [6.07, 6.45) is 0. The van der Waals surface area contributed by atoms with Crippen LogP contribution in [0, 0.1) is 12.7 Å². The first-order chi connectivity index (χ1) is 11.7. The fourth-order valence-corrected chi connectivity index (χ4v) is 4.01. The Morgan fingerprint density at radius 3 is 2.16 bits per heavy atom. The van der Waals surface area contributed by atoms with Gasteiger partial charge in [0.05, 0.1) is 12.0 Å². The lowest BCUT2D eigenvalue weighted by molar-refractivity contribution is 0.406. The van der Waals surface area contributed by atoms with E-state index in [1.54, 1.807) is 14.0 Å². The SMILES string of the molecule is COc1cc(C)c([C@H](C)NS(=O)(=O)c2ccc(F)cc2)cc1C(C)C. The van der Waals surface area contributed by atoms with Gasteiger partial charge in [0.1, 0.15) is 11.6 Å². The van der Waals surface area contributed by atoms with Crippen molar-refractivity contribution in [3.05, 3.63) is 58.9 Å². The van der Waals surface area contributed by atoms with Crippen LogP contribution in [0.3, 0.4) is 0 Å². The van der Waals surface area contributed by atoms with Crippen molar-refractivity contribution in [3.63, 3.8) is 0 Å². The summed E-state index contributed by atoms with van der Waals surface area (Å²) in [6.45, 7) is 7.83. The maximum atomic E-state index is 13.0. The molecule has 136 valence electrons. The van der Waals surface area contributed by atoms with Crippen molar-refractivity contribution >= 4 is 10.0 Å². The van der Waals surface area contributed by atoms with Crippen molar-refractivity contribution in [2.24, 2.45) is 0 Å². The average Bonchev–Trinajstić information content (AvgIpc) is 2.53. The van der Waals surface area contributed by atoms with Gasteiger partial charge in [0.2, 0.25) is 10.0 Å². The molecule has 0 radical (unpaired) electrons. The summed E-state index contributed by atoms with van der Waals surface area (Å²) >= 11 is 0. The highest BCUT2D eigenvalue weighted by atomic mass is 32.2. The minimum absolute atomic E-state index is 0.0380. The molecule has 0 fully saturated rings. The fourth-order valence-electron chi connectivity index (χ4n) is 2.79. The van der Waals surface area contributed by atoms with Gasteiger partial charge in [-0.3, -0.25) is 0 Å². The van der Waals surface area contributed by atoms with E-state index < -0.39 is 21.9 Å². The zero-order chi connectivity index (χ0) is 18.8. The monoisotopic (exact) mass is 365 g/mol. The molecule has 0 aliphatic carbocycles. The van der Waals surface area contributed by atoms with Crippen LogP contribution in [0.15, 0.2) is 41.3 Å². The number of ether oxygens (including phenoxy) is 1. The summed E-state index contributed by atoms with van der Waals surface area (Å²) in [6, 6.07) is 8.25. The Morgan fingerprint density at radius 2 is 1.64 bits per heavy atom. The summed E-state index contributed by atoms with van der Waals surface area (Å²) in [7, 11) is -2.11. The molecule has 1 N–H and O–H groups in total. The molecule has 6 heteroatoms. The van der Waals surface area contributed by atoms with Gasteiger partial charge in [0, 0.05) is 6.04 Å². The number of nitrogens with one attached hydrogen (secondary N) is 1. The van der Waals surface area contributed by atoms with Crippen molar-refractivity contribution in [3.8, 4) is 5.75 Å². The molecule has 2 aromatic rings. The van der Waals surface area contributed by atoms with Gasteiger partial charge in [-0.05, 0) is 72.9 Å². The van der Waals surface area contributed by atoms with Gasteiger partial charge in [0.25, 0.3) is 0 Å². The van der Waals surface area contributed by atoms with Crippen molar-refractivity contribution in [2.75, 3.05) is 7.11 Å². The molecule has 2 aromatic carbocycles. The van der Waals surface area contributed by atoms with Crippen molar-refractivity contribution < 1.29 is 17.5 Å². The third kappa shape index (κ3) is 4.38. The number of halogens is 1. The number of hydrogen-bond acceptors (Lipinski definition) is 3. The second-order valence-electron chi connectivity index (χ2n) is 6.40. The Bertz CT molecular complexity index is 846. The minimum atomic E-state index is -3.74. The number of benzene rings is 2. The summed E-state index contributed by atoms with van der Waals surface area (Å²) < 4.78 is 46.2. The molecular formula is C19H24FNO3S. The van der Waals surface area contributed by atoms with E-state index in [9.17, 15) is 12.8 Å². The molecule has 0 unspecified atom stereocenters. The molecular weight excluding hydrogens is 341 g/mol. The molecule has 4 nitrogen and oxygen atoms in total. The molecule has 2 rings (SSSR count). The summed E-state index contributed by atoms with van der Waals surface area (Å²) in [5.74, 6) is 0.569. The Morgan fingerprint density at radius 1 is 1.04 bits per heavy atom. The standard InChI is InChI=1S/C19H24FNO3S/c1-12(2)17-11-18(13(3)10-19(17)24-5)14(4)21-25(22,23)16-8-6-15(20)7-9-16/h6-12,14,21H,1-5H3/t14-/m0/s1. The number of sulfonamides is 1. The second kappa shape index (κ2) is 7.54. The predicted molar refractivity (Wildman–Crippen MR) is 97.0 cm³/mol. The number of methoxy groups -OCH3 is 1. The first-order valence-corrected chi connectivity index (χ1v) is 9.60. The predicted octanol–water partition coefficient (Wildman–Crippen LogP) is 4.31. The van der Waals surface area contributed by atoms with Crippen LogP contribution in [0.1, 0.15) is 49.4 Å². The minimum Gasteiger partial charge on any atom is -0.496 e. The van der Waals surface area contributed by atoms with Crippen LogP contribution < -0.4 is 9.46 Å². The maximum Gasteiger partial charge on any atom is 0.241 e. The lowest BCUT2D eigenvalue weighted by Crippen LogP contribution is -2.27. The molecule has 0 bridgehead atoms. The van der Waals surface area contributed by atoms with E-state index in [1.807, 2.05) is 19.1 Å². The largest absolute Gasteiger partial charge is 0.496 e. The summed E-state index contributed by atoms with van der Waals surface area (Å²) in [5, 5.41) is 0. The number of rotatable bonds is 6. The van der Waals surface area contributed by atoms with E-state index in [4.69, 9.17) is 4.74 Å². The Balaban J connectivity index is 2.35. The summed E-state index contributed by atoms with van der Waals surface area (Å²) in [5.41, 5.74) is 2.85. The van der Waals surface area contributed by atoms with E-state index in [-0.39, 0.29) is 10.8 Å². The van der Waals surface area contributed by atoms with Crippen molar-refractivity contribution in [1.82, 2.24) is 4.72 Å². The van der Waals surface area contributed by atoms with Gasteiger partial charge < -0.3 is 4.74 Å². The van der Waals surface area contributed by atoms with Crippen LogP contribution in [0.2, 0.25) is 0 Å². The Kier molecular flexibility index (Phi) is 5.85. The van der Waals surface area contributed by atoms with Crippen LogP contribution in [0.4, 0.5) is 4.39 Å². The Hall–Kier alpha value is -1.92. The highest BCUT2D eigenvalue weighted by Gasteiger charge is 2.21. The summed E-state index contributed by atoms with van der Waals surface area (Å²) in [4.78, 5) is 0.0380. The van der Waals surface area contributed by atoms with Crippen LogP contribution in [-0.2, 0) is 10.0 Å². The van der Waals surface area contributed by atoms with Crippen LogP contribution in [0.5, 0.6) is 5.75 Å². The maximum absolute atomic E-state index is 13.0. The van der Waals surface area contributed by atoms with Crippen LogP contribution >= 0.6 is 0 Å². The van der Waals surface area contributed by atoms with Crippen LogP contribution in [-0.4, -0.2) is 15.5 Å². The van der Waals surface area contributed by atoms with Gasteiger partial charge in [0.15, 0.2) is 0 Å². The first-order valence-electron chi connectivity index (χ1n) is 8.12. The van der Waals surface area contributed by atoms with Gasteiger partial charge in [-0.1, -0.05) is 13.8 Å². The normalized spacial score (nSPS) is 13.1. The molecule has 0 heterocycles. The van der Waals surface area contributed by atoms with Crippen LogP contribution in [0.25, 0.3) is 0 Å². The molecule has 1 atom stereocenters. The smallest absolute Gasteiger partial charge is 0.241 e. The molecule has 0 aliphatic rings. The van der Waals surface area contributed by atoms with E-state index in [2.05, 4.69) is 18.6 Å². The lowest BCUT2D eigenvalue weighted by Gasteiger charge is -2.21. The first kappa shape index (κ1) is 19.4. The molecule has 0 aromatic heterocycles. The Labute approximate surface area is 149 Å². The van der Waals surface area contributed by atoms with Crippen molar-refractivity contribution in [2.45, 2.75) is 44.6 Å². The van der Waals surface area contributed by atoms with E-state index in [1.165, 1.54) is 12.1 Å². The topological polar surface area (TPSA) is 55.4 Å². The second-order valence-corrected chi connectivity index (χ2v) is 8.12. The van der Waals surface area contributed by atoms with Crippen molar-refractivity contribution in [1.29, 1.82) is 0 Å². The van der Waals surface area contributed by atoms with Gasteiger partial charge in [-0.25, -0.2) is 17.5 Å². The molecule has 0 saturated heterocycles. The third-order valence-corrected chi connectivity index (χ3v) is 5.72. The number of hydrogen-bond donors (Lipinski definition) is 1. The van der Waals surface area contributed by atoms with Gasteiger partial charge in [-0.2, -0.15) is 0 Å². The average molecular weight is 365 g/mol. The zero-order valence-corrected chi connectivity index (χ0v) is 15.9. The lowest BCUT2D eigenvalue weighted by atomic mass is 9.94. The van der Waals surface area contributed by atoms with Gasteiger partial charge in [-0.15, -0.1) is 0 Å². The third-order valence-electron chi connectivity index (χ3n) is 4.16. The molecule has 0 aliphatic heterocycles. The molecule has 0 spiro atoms. The number of aryl methyl sites for hydroxylation is 1. The highest BCUT2D eigenvalue weighted by Crippen LogP contribution is 2.32. The molecule has 0 amide bonds. The molecule has 0 saturated carbocycles. The quantitative estimate of drug-likeness (QED) is 0.830. The van der Waals surface area contributed by atoms with E-state index >= 15 is 0 Å².